The predicted octanol–water partition coefficient (Wildman–Crippen LogP) is 5.76. The molecule has 1 aliphatic carbocycles. The molecule has 4 aromatic rings. The van der Waals surface area contributed by atoms with Crippen molar-refractivity contribution >= 4 is 23.2 Å². The van der Waals surface area contributed by atoms with Crippen molar-refractivity contribution in [3.05, 3.63) is 166 Å². The Kier molecular flexibility index (Phi) is 8.15. The molecule has 0 spiro atoms. The van der Waals surface area contributed by atoms with E-state index < -0.39 is 22.4 Å². The van der Waals surface area contributed by atoms with E-state index in [9.17, 15) is 20.4 Å². The first-order valence-electron chi connectivity index (χ1n) is 13.1. The summed E-state index contributed by atoms with van der Waals surface area (Å²) in [6.07, 6.45) is 5.13. The van der Waals surface area contributed by atoms with Gasteiger partial charge in [-0.05, 0) is 36.4 Å². The summed E-state index contributed by atoms with van der Waals surface area (Å²) in [4.78, 5) is 0. The van der Waals surface area contributed by atoms with Crippen molar-refractivity contribution in [2.45, 2.75) is 22.4 Å². The van der Waals surface area contributed by atoms with Crippen LogP contribution >= 0.6 is 23.2 Å². The maximum absolute atomic E-state index is 11.8. The second kappa shape index (κ2) is 11.6. The summed E-state index contributed by atoms with van der Waals surface area (Å²) < 4.78 is 0. The molecular weight excluding hydrogens is 567 g/mol. The molecular formula is C36H26Cl2O4. The molecule has 4 aromatic carbocycles. The van der Waals surface area contributed by atoms with Crippen molar-refractivity contribution in [1.82, 2.24) is 0 Å². The number of hydrogen-bond acceptors (Lipinski definition) is 4. The normalized spacial score (nSPS) is 22.0. The van der Waals surface area contributed by atoms with Crippen molar-refractivity contribution in [2.24, 2.45) is 0 Å². The van der Waals surface area contributed by atoms with E-state index in [-0.39, 0.29) is 0 Å². The predicted molar refractivity (Wildman–Crippen MR) is 166 cm³/mol. The van der Waals surface area contributed by atoms with E-state index >= 15 is 0 Å². The molecule has 0 fully saturated rings. The van der Waals surface area contributed by atoms with Gasteiger partial charge in [0.25, 0.3) is 0 Å². The second-order valence-electron chi connectivity index (χ2n) is 9.93. The van der Waals surface area contributed by atoms with Crippen molar-refractivity contribution in [3.63, 3.8) is 0 Å². The van der Waals surface area contributed by atoms with Crippen molar-refractivity contribution in [1.29, 1.82) is 0 Å². The van der Waals surface area contributed by atoms with Gasteiger partial charge in [0.05, 0.1) is 0 Å². The van der Waals surface area contributed by atoms with Gasteiger partial charge in [-0.15, -0.1) is 0 Å². The van der Waals surface area contributed by atoms with Gasteiger partial charge in [-0.1, -0.05) is 144 Å². The molecule has 0 saturated heterocycles. The average molecular weight is 594 g/mol. The largest absolute Gasteiger partial charge is 0.370 e. The van der Waals surface area contributed by atoms with Gasteiger partial charge in [0.2, 0.25) is 0 Å². The summed E-state index contributed by atoms with van der Waals surface area (Å²) in [5, 5.41) is 46.6. The van der Waals surface area contributed by atoms with Gasteiger partial charge in [-0.2, -0.15) is 0 Å². The minimum Gasteiger partial charge on any atom is -0.370 e. The van der Waals surface area contributed by atoms with Gasteiger partial charge in [0.1, 0.15) is 0 Å². The molecule has 1 aliphatic rings. The molecule has 208 valence electrons. The van der Waals surface area contributed by atoms with Crippen LogP contribution < -0.4 is 0 Å². The lowest BCUT2D eigenvalue weighted by atomic mass is 9.83. The molecule has 0 radical (unpaired) electrons. The highest BCUT2D eigenvalue weighted by molar-refractivity contribution is 6.31. The number of halogens is 2. The van der Waals surface area contributed by atoms with Crippen LogP contribution in [0.25, 0.3) is 0 Å². The summed E-state index contributed by atoms with van der Waals surface area (Å²) in [6, 6.07) is 31.2. The van der Waals surface area contributed by atoms with Crippen LogP contribution in [0.3, 0.4) is 0 Å². The van der Waals surface area contributed by atoms with Crippen molar-refractivity contribution in [3.8, 4) is 23.7 Å². The lowest BCUT2D eigenvalue weighted by molar-refractivity contribution is 0.140. The Balaban J connectivity index is 1.50. The number of benzene rings is 4. The van der Waals surface area contributed by atoms with Crippen LogP contribution in [0.2, 0.25) is 10.0 Å². The van der Waals surface area contributed by atoms with Crippen LogP contribution in [0.4, 0.5) is 0 Å². The summed E-state index contributed by atoms with van der Waals surface area (Å²) in [7, 11) is 0. The summed E-state index contributed by atoms with van der Waals surface area (Å²) in [5.74, 6) is 11.1. The highest BCUT2D eigenvalue weighted by atomic mass is 35.5. The van der Waals surface area contributed by atoms with E-state index in [2.05, 4.69) is 23.7 Å². The Bertz CT molecular complexity index is 1630. The van der Waals surface area contributed by atoms with E-state index in [1.807, 2.05) is 12.1 Å². The van der Waals surface area contributed by atoms with E-state index in [0.717, 1.165) is 0 Å². The molecule has 0 amide bonds. The quantitative estimate of drug-likeness (QED) is 0.179. The fourth-order valence-corrected chi connectivity index (χ4v) is 5.17. The standard InChI is InChI=1S/C36H26Cl2O4/c37-31-17-9-7-15-29(31)35(41,27-11-3-1-4-12-27)25-23-33(39)19-21-34(40,22-20-33)24-26-36(42,28-13-5-2-6-14-28)30-16-8-10-18-32(30)38/h1-22,39-42H/t33?,34?,35-,36-/m1/s1. The smallest absolute Gasteiger partial charge is 0.178 e. The third-order valence-corrected chi connectivity index (χ3v) is 7.64. The molecule has 4 N–H and O–H groups in total. The van der Waals surface area contributed by atoms with Crippen LogP contribution in [0, 0.1) is 23.7 Å². The molecule has 5 rings (SSSR count). The number of aliphatic hydroxyl groups is 4. The second-order valence-corrected chi connectivity index (χ2v) is 10.7. The zero-order valence-corrected chi connectivity index (χ0v) is 23.8. The third-order valence-electron chi connectivity index (χ3n) is 6.98. The van der Waals surface area contributed by atoms with E-state index in [1.165, 1.54) is 24.3 Å². The zero-order valence-electron chi connectivity index (χ0n) is 22.2. The summed E-state index contributed by atoms with van der Waals surface area (Å²) in [6.45, 7) is 0. The molecule has 6 heteroatoms. The molecule has 0 saturated carbocycles. The molecule has 0 heterocycles. The molecule has 0 bridgehead atoms. The molecule has 0 unspecified atom stereocenters. The lowest BCUT2D eigenvalue weighted by Crippen LogP contribution is -2.33. The van der Waals surface area contributed by atoms with Crippen molar-refractivity contribution < 1.29 is 20.4 Å². The monoisotopic (exact) mass is 592 g/mol. The maximum atomic E-state index is 11.8. The Hall–Kier alpha value is -4.10. The topological polar surface area (TPSA) is 80.9 Å². The van der Waals surface area contributed by atoms with Gasteiger partial charge >= 0.3 is 0 Å². The Morgan fingerprint density at radius 2 is 0.786 bits per heavy atom. The summed E-state index contributed by atoms with van der Waals surface area (Å²) >= 11 is 12.9. The fourth-order valence-electron chi connectivity index (χ4n) is 4.63. The van der Waals surface area contributed by atoms with Gasteiger partial charge in [0, 0.05) is 32.3 Å². The van der Waals surface area contributed by atoms with Crippen LogP contribution in [-0.4, -0.2) is 31.6 Å². The third kappa shape index (κ3) is 5.93. The molecule has 42 heavy (non-hydrogen) atoms. The van der Waals surface area contributed by atoms with Crippen molar-refractivity contribution in [2.75, 3.05) is 0 Å². The maximum Gasteiger partial charge on any atom is 0.178 e. The van der Waals surface area contributed by atoms with Crippen LogP contribution in [0.15, 0.2) is 133 Å². The molecule has 4 nitrogen and oxygen atoms in total. The Morgan fingerprint density at radius 3 is 1.12 bits per heavy atom. The van der Waals surface area contributed by atoms with E-state index in [1.54, 1.807) is 97.1 Å². The SMILES string of the molecule is OC1(C#C[C@@](O)(c2ccccc2)c2ccccc2Cl)C=CC(O)(C#C[C@@](O)(c2ccccc2)c2ccccc2Cl)C=C1. The van der Waals surface area contributed by atoms with Gasteiger partial charge in [-0.25, -0.2) is 0 Å². The minimum absolute atomic E-state index is 0.314. The highest BCUT2D eigenvalue weighted by Gasteiger charge is 2.35. The van der Waals surface area contributed by atoms with Gasteiger partial charge < -0.3 is 20.4 Å². The first-order valence-corrected chi connectivity index (χ1v) is 13.8. The molecule has 2 atom stereocenters. The average Bonchev–Trinajstić information content (AvgIpc) is 3.02. The number of rotatable bonds is 4. The van der Waals surface area contributed by atoms with E-state index in [0.29, 0.717) is 32.3 Å². The molecule has 0 aromatic heterocycles. The van der Waals surface area contributed by atoms with Crippen LogP contribution in [0.5, 0.6) is 0 Å². The fraction of sp³-hybridized carbons (Fsp3) is 0.111. The highest BCUT2D eigenvalue weighted by Crippen LogP contribution is 2.36. The first-order chi connectivity index (χ1) is 20.1. The molecule has 0 aliphatic heterocycles. The van der Waals surface area contributed by atoms with Crippen LogP contribution in [-0.2, 0) is 11.2 Å². The minimum atomic E-state index is -1.84. The van der Waals surface area contributed by atoms with Gasteiger partial charge in [0.15, 0.2) is 22.4 Å². The van der Waals surface area contributed by atoms with Gasteiger partial charge in [-0.3, -0.25) is 0 Å². The first kappa shape index (κ1) is 29.4. The summed E-state index contributed by atoms with van der Waals surface area (Å²) in [5.41, 5.74) is -5.66. The van der Waals surface area contributed by atoms with E-state index in [4.69, 9.17) is 23.2 Å². The zero-order chi connectivity index (χ0) is 29.8. The Morgan fingerprint density at radius 1 is 0.476 bits per heavy atom. The number of hydrogen-bond donors (Lipinski definition) is 4. The lowest BCUT2D eigenvalue weighted by Gasteiger charge is -2.28. The van der Waals surface area contributed by atoms with Crippen LogP contribution in [0.1, 0.15) is 22.3 Å². The Labute approximate surface area is 254 Å².